The minimum Gasteiger partial charge on any atom is -0.350 e. The normalized spacial score (nSPS) is 12.0. The van der Waals surface area contributed by atoms with E-state index in [0.717, 1.165) is 6.20 Å². The molecule has 0 bridgehead atoms. The zero-order valence-electron chi connectivity index (χ0n) is 14.3. The first-order valence-corrected chi connectivity index (χ1v) is 8.71. The molecule has 0 aliphatic carbocycles. The van der Waals surface area contributed by atoms with Crippen LogP contribution >= 0.6 is 15.9 Å². The molecular weight excluding hydrogens is 432 g/mol. The Balaban J connectivity index is 1.87. The fraction of sp³-hybridized carbons (Fsp3) is 0.312. The molecule has 3 rings (SSSR count). The van der Waals surface area contributed by atoms with Crippen molar-refractivity contribution in [2.75, 3.05) is 5.32 Å². The van der Waals surface area contributed by atoms with E-state index in [1.807, 2.05) is 0 Å². The topological polar surface area (TPSA) is 71.4 Å². The van der Waals surface area contributed by atoms with E-state index >= 15 is 0 Å². The van der Waals surface area contributed by atoms with E-state index in [2.05, 4.69) is 41.4 Å². The van der Waals surface area contributed by atoms with Gasteiger partial charge in [-0.25, -0.2) is 14.5 Å². The number of aromatic nitrogens is 5. The van der Waals surface area contributed by atoms with Crippen molar-refractivity contribution < 1.29 is 17.6 Å². The van der Waals surface area contributed by atoms with Gasteiger partial charge in [0.05, 0.1) is 0 Å². The first-order chi connectivity index (χ1) is 12.6. The van der Waals surface area contributed by atoms with Crippen molar-refractivity contribution >= 4 is 21.9 Å². The predicted molar refractivity (Wildman–Crippen MR) is 94.4 cm³/mol. The summed E-state index contributed by atoms with van der Waals surface area (Å²) in [5.41, 5.74) is -0.416. The number of aromatic amines is 1. The van der Waals surface area contributed by atoms with Crippen molar-refractivity contribution in [2.45, 2.75) is 32.6 Å². The van der Waals surface area contributed by atoms with Gasteiger partial charge >= 0.3 is 6.18 Å². The zero-order chi connectivity index (χ0) is 19.8. The van der Waals surface area contributed by atoms with E-state index in [0.29, 0.717) is 16.2 Å². The molecule has 2 aromatic heterocycles. The quantitative estimate of drug-likeness (QED) is 0.553. The van der Waals surface area contributed by atoms with E-state index in [1.54, 1.807) is 13.8 Å². The fourth-order valence-corrected chi connectivity index (χ4v) is 2.73. The Morgan fingerprint density at radius 2 is 2.00 bits per heavy atom. The number of H-pyrrole nitrogens is 1. The van der Waals surface area contributed by atoms with E-state index in [-0.39, 0.29) is 24.0 Å². The fourth-order valence-electron chi connectivity index (χ4n) is 2.47. The summed E-state index contributed by atoms with van der Waals surface area (Å²) in [5, 5.41) is 9.25. The summed E-state index contributed by atoms with van der Waals surface area (Å²) in [5.74, 6) is -0.143. The van der Waals surface area contributed by atoms with Crippen molar-refractivity contribution in [3.8, 4) is 11.4 Å². The van der Waals surface area contributed by atoms with Gasteiger partial charge in [-0.15, -0.1) is 5.10 Å². The number of hydrogen-bond acceptors (Lipinski definition) is 4. The van der Waals surface area contributed by atoms with Gasteiger partial charge in [0, 0.05) is 29.9 Å². The van der Waals surface area contributed by atoms with Gasteiger partial charge in [-0.2, -0.15) is 18.2 Å². The van der Waals surface area contributed by atoms with E-state index in [4.69, 9.17) is 0 Å². The summed E-state index contributed by atoms with van der Waals surface area (Å²) in [6, 6.07) is 3.94. The average molecular weight is 447 g/mol. The largest absolute Gasteiger partial charge is 0.434 e. The Labute approximate surface area is 160 Å². The van der Waals surface area contributed by atoms with Crippen LogP contribution in [0.1, 0.15) is 31.1 Å². The first kappa shape index (κ1) is 19.3. The Hall–Kier alpha value is -2.43. The maximum absolute atomic E-state index is 14.5. The van der Waals surface area contributed by atoms with Crippen LogP contribution in [0, 0.1) is 5.82 Å². The number of benzene rings is 1. The number of alkyl halides is 3. The molecule has 0 amide bonds. The minimum atomic E-state index is -4.57. The zero-order valence-corrected chi connectivity index (χ0v) is 15.9. The van der Waals surface area contributed by atoms with Crippen LogP contribution in [0.2, 0.25) is 0 Å². The van der Waals surface area contributed by atoms with Gasteiger partial charge in [0.15, 0.2) is 5.69 Å². The number of nitrogens with zero attached hydrogens (tertiary/aromatic N) is 4. The summed E-state index contributed by atoms with van der Waals surface area (Å²) >= 11 is 3.09. The third-order valence-electron chi connectivity index (χ3n) is 3.79. The molecule has 0 saturated heterocycles. The summed E-state index contributed by atoms with van der Waals surface area (Å²) < 4.78 is 55.2. The van der Waals surface area contributed by atoms with E-state index in [1.165, 1.54) is 22.8 Å². The molecule has 11 heteroatoms. The highest BCUT2D eigenvalue weighted by Crippen LogP contribution is 2.33. The second-order valence-electron chi connectivity index (χ2n) is 6.06. The second-order valence-corrected chi connectivity index (χ2v) is 6.77. The highest BCUT2D eigenvalue weighted by atomic mass is 79.9. The van der Waals surface area contributed by atoms with Crippen LogP contribution in [0.25, 0.3) is 11.4 Å². The molecule has 144 valence electrons. The van der Waals surface area contributed by atoms with Crippen molar-refractivity contribution in [2.24, 2.45) is 0 Å². The van der Waals surface area contributed by atoms with Crippen molar-refractivity contribution in [3.05, 3.63) is 46.2 Å². The maximum atomic E-state index is 14.5. The first-order valence-electron chi connectivity index (χ1n) is 7.92. The number of hydrogen-bond donors (Lipinski definition) is 2. The molecule has 0 unspecified atom stereocenters. The number of halogens is 5. The van der Waals surface area contributed by atoms with Gasteiger partial charge < -0.3 is 9.88 Å². The Kier molecular flexibility index (Phi) is 5.22. The van der Waals surface area contributed by atoms with Crippen molar-refractivity contribution in [1.82, 2.24) is 24.7 Å². The number of imidazole rings is 1. The highest BCUT2D eigenvalue weighted by Gasteiger charge is 2.35. The molecule has 2 heterocycles. The number of anilines is 1. The maximum Gasteiger partial charge on any atom is 0.434 e. The molecule has 6 nitrogen and oxygen atoms in total. The molecule has 0 spiro atoms. The predicted octanol–water partition coefficient (Wildman–Crippen LogP) is 4.78. The van der Waals surface area contributed by atoms with Crippen LogP contribution in [0.4, 0.5) is 23.5 Å². The van der Waals surface area contributed by atoms with Crippen molar-refractivity contribution in [1.29, 1.82) is 0 Å². The third-order valence-corrected chi connectivity index (χ3v) is 4.15. The molecule has 2 N–H and O–H groups in total. The summed E-state index contributed by atoms with van der Waals surface area (Å²) in [7, 11) is 0. The molecule has 0 radical (unpaired) electrons. The molecule has 0 atom stereocenters. The average Bonchev–Trinajstić information content (AvgIpc) is 3.19. The molecule has 0 fully saturated rings. The van der Waals surface area contributed by atoms with Crippen LogP contribution in [-0.2, 0) is 12.7 Å². The van der Waals surface area contributed by atoms with Gasteiger partial charge in [0.25, 0.3) is 0 Å². The third kappa shape index (κ3) is 4.29. The Morgan fingerprint density at radius 3 is 2.56 bits per heavy atom. The number of rotatable bonds is 5. The van der Waals surface area contributed by atoms with Crippen LogP contribution in [0.3, 0.4) is 0 Å². The molecule has 3 aromatic rings. The molecule has 0 aliphatic heterocycles. The molecule has 0 saturated carbocycles. The molecule has 0 aliphatic rings. The lowest BCUT2D eigenvalue weighted by Gasteiger charge is -2.12. The SMILES string of the molecule is CC(C)n1cc(C(F)(F)F)nc1-c1ccc(CNc2nc(Br)n[nH]2)c(F)c1. The van der Waals surface area contributed by atoms with Gasteiger partial charge in [-0.05, 0) is 35.8 Å². The van der Waals surface area contributed by atoms with Crippen LogP contribution in [0.5, 0.6) is 0 Å². The van der Waals surface area contributed by atoms with Crippen molar-refractivity contribution in [3.63, 3.8) is 0 Å². The van der Waals surface area contributed by atoms with Gasteiger partial charge in [0.2, 0.25) is 10.7 Å². The molecule has 1 aromatic carbocycles. The lowest BCUT2D eigenvalue weighted by Crippen LogP contribution is -2.05. The lowest BCUT2D eigenvalue weighted by molar-refractivity contribution is -0.140. The standard InChI is InChI=1S/C16H15BrF4N6/c1-8(2)27-7-12(16(19,20)21)23-13(27)9-3-4-10(11(18)5-9)6-22-15-24-14(17)25-26-15/h3-5,7-8H,6H2,1-2H3,(H2,22,24,25,26). The number of nitrogens with one attached hydrogen (secondary N) is 2. The monoisotopic (exact) mass is 446 g/mol. The van der Waals surface area contributed by atoms with Gasteiger partial charge in [-0.1, -0.05) is 12.1 Å². The second kappa shape index (κ2) is 7.29. The Morgan fingerprint density at radius 1 is 1.26 bits per heavy atom. The van der Waals surface area contributed by atoms with Crippen LogP contribution < -0.4 is 5.32 Å². The molecule has 27 heavy (non-hydrogen) atoms. The summed E-state index contributed by atoms with van der Waals surface area (Å²) in [4.78, 5) is 7.64. The highest BCUT2D eigenvalue weighted by molar-refractivity contribution is 9.10. The smallest absolute Gasteiger partial charge is 0.350 e. The Bertz CT molecular complexity index is 947. The van der Waals surface area contributed by atoms with E-state index < -0.39 is 17.7 Å². The summed E-state index contributed by atoms with van der Waals surface area (Å²) in [6.07, 6.45) is -3.63. The minimum absolute atomic E-state index is 0.0647. The van der Waals surface area contributed by atoms with Crippen LogP contribution in [-0.4, -0.2) is 24.7 Å². The van der Waals surface area contributed by atoms with E-state index in [9.17, 15) is 17.6 Å². The summed E-state index contributed by atoms with van der Waals surface area (Å²) in [6.45, 7) is 3.59. The van der Waals surface area contributed by atoms with Gasteiger partial charge in [0.1, 0.15) is 11.6 Å². The van der Waals surface area contributed by atoms with Gasteiger partial charge in [-0.3, -0.25) is 0 Å². The molecular formula is C16H15BrF4N6. The van der Waals surface area contributed by atoms with Crippen LogP contribution in [0.15, 0.2) is 29.1 Å². The lowest BCUT2D eigenvalue weighted by atomic mass is 10.1.